The van der Waals surface area contributed by atoms with Crippen LogP contribution in [0.3, 0.4) is 0 Å². The molecule has 1 aromatic carbocycles. The van der Waals surface area contributed by atoms with E-state index in [1.54, 1.807) is 13.0 Å². The summed E-state index contributed by atoms with van der Waals surface area (Å²) >= 11 is 0. The molecule has 6 heteroatoms. The van der Waals surface area contributed by atoms with Crippen molar-refractivity contribution in [2.24, 2.45) is 0 Å². The van der Waals surface area contributed by atoms with Gasteiger partial charge < -0.3 is 10.4 Å². The van der Waals surface area contributed by atoms with E-state index in [4.69, 9.17) is 5.11 Å². The molecule has 19 heavy (non-hydrogen) atoms. The molecule has 0 saturated heterocycles. The summed E-state index contributed by atoms with van der Waals surface area (Å²) in [5.41, 5.74) is -1.68. The quantitative estimate of drug-likeness (QED) is 0.803. The summed E-state index contributed by atoms with van der Waals surface area (Å²) in [4.78, 5) is 10.8. The van der Waals surface area contributed by atoms with Gasteiger partial charge in [0.25, 0.3) is 0 Å². The largest absolute Gasteiger partial charge is 0.478 e. The second-order valence-corrected chi connectivity index (χ2v) is 4.13. The minimum Gasteiger partial charge on any atom is -0.478 e. The first-order valence-electron chi connectivity index (χ1n) is 5.57. The molecule has 104 valence electrons. The minimum atomic E-state index is -4.70. The molecule has 0 aliphatic heterocycles. The van der Waals surface area contributed by atoms with Crippen molar-refractivity contribution in [2.45, 2.75) is 25.6 Å². The number of rotatable bonds is 5. The molecule has 2 N–H and O–H groups in total. The summed E-state index contributed by atoms with van der Waals surface area (Å²) in [5, 5.41) is 11.6. The third-order valence-electron chi connectivity index (χ3n) is 2.49. The predicted molar refractivity (Wildman–Crippen MR) is 66.3 cm³/mol. The second-order valence-electron chi connectivity index (χ2n) is 4.13. The van der Waals surface area contributed by atoms with E-state index in [1.807, 2.05) is 0 Å². The van der Waals surface area contributed by atoms with Crippen LogP contribution in [0.25, 0.3) is 0 Å². The normalized spacial score (nSPS) is 12.8. The lowest BCUT2D eigenvalue weighted by atomic mass is 10.1. The first-order chi connectivity index (χ1) is 8.75. The topological polar surface area (TPSA) is 49.3 Å². The van der Waals surface area contributed by atoms with Crippen LogP contribution in [0, 0.1) is 0 Å². The second kappa shape index (κ2) is 5.77. The number of nitrogens with one attached hydrogen (secondary N) is 1. The summed E-state index contributed by atoms with van der Waals surface area (Å²) in [6.45, 7) is 5.33. The van der Waals surface area contributed by atoms with E-state index in [0.29, 0.717) is 6.42 Å². The number of halogens is 3. The van der Waals surface area contributed by atoms with E-state index < -0.39 is 23.3 Å². The van der Waals surface area contributed by atoms with Crippen molar-refractivity contribution in [3.8, 4) is 0 Å². The van der Waals surface area contributed by atoms with Gasteiger partial charge in [-0.1, -0.05) is 6.08 Å². The molecule has 1 unspecified atom stereocenters. The highest BCUT2D eigenvalue weighted by Gasteiger charge is 2.35. The molecule has 1 rings (SSSR count). The molecule has 0 aliphatic carbocycles. The lowest BCUT2D eigenvalue weighted by Crippen LogP contribution is -2.17. The summed E-state index contributed by atoms with van der Waals surface area (Å²) in [6, 6.07) is 2.99. The first-order valence-corrected chi connectivity index (χ1v) is 5.57. The minimum absolute atomic E-state index is 0.0886. The first kappa shape index (κ1) is 15.1. The van der Waals surface area contributed by atoms with Gasteiger partial charge in [0.15, 0.2) is 0 Å². The van der Waals surface area contributed by atoms with Crippen LogP contribution in [0.4, 0.5) is 18.9 Å². The standard InChI is InChI=1S/C13H14F3NO2/c1-3-4-8(2)17-9-5-6-10(12(18)19)11(7-9)13(14,15)16/h3,5-8,17H,1,4H2,2H3,(H,18,19). The zero-order chi connectivity index (χ0) is 14.6. The molecular weight excluding hydrogens is 259 g/mol. The van der Waals surface area contributed by atoms with Crippen LogP contribution >= 0.6 is 0 Å². The van der Waals surface area contributed by atoms with Crippen molar-refractivity contribution in [2.75, 3.05) is 5.32 Å². The molecule has 1 atom stereocenters. The molecule has 3 nitrogen and oxygen atoms in total. The Morgan fingerprint density at radius 3 is 2.63 bits per heavy atom. The van der Waals surface area contributed by atoms with Crippen LogP contribution in [0.1, 0.15) is 29.3 Å². The Hall–Kier alpha value is -1.98. The van der Waals surface area contributed by atoms with Gasteiger partial charge in [-0.2, -0.15) is 13.2 Å². The molecule has 0 bridgehead atoms. The third kappa shape index (κ3) is 4.01. The van der Waals surface area contributed by atoms with Gasteiger partial charge in [0.2, 0.25) is 0 Å². The number of carbonyl (C=O) groups is 1. The molecule has 0 amide bonds. The Morgan fingerprint density at radius 1 is 1.53 bits per heavy atom. The maximum absolute atomic E-state index is 12.8. The van der Waals surface area contributed by atoms with Crippen molar-refractivity contribution in [3.05, 3.63) is 42.0 Å². The Kier molecular flexibility index (Phi) is 4.58. The van der Waals surface area contributed by atoms with Gasteiger partial charge in [-0.15, -0.1) is 6.58 Å². The molecule has 0 fully saturated rings. The van der Waals surface area contributed by atoms with Gasteiger partial charge in [-0.3, -0.25) is 0 Å². The molecule has 1 aromatic rings. The Bertz CT molecular complexity index is 483. The van der Waals surface area contributed by atoms with Crippen LogP contribution in [-0.4, -0.2) is 17.1 Å². The maximum atomic E-state index is 12.8. The van der Waals surface area contributed by atoms with Crippen molar-refractivity contribution in [1.82, 2.24) is 0 Å². The Labute approximate surface area is 108 Å². The Balaban J connectivity index is 3.12. The number of carboxylic acids is 1. The van der Waals surface area contributed by atoms with Crippen LogP contribution in [0.2, 0.25) is 0 Å². The number of alkyl halides is 3. The fraction of sp³-hybridized carbons (Fsp3) is 0.308. The number of benzene rings is 1. The highest BCUT2D eigenvalue weighted by molar-refractivity contribution is 5.90. The lowest BCUT2D eigenvalue weighted by Gasteiger charge is -2.16. The summed E-state index contributed by atoms with van der Waals surface area (Å²) in [7, 11) is 0. The molecule has 0 aliphatic rings. The molecule has 0 heterocycles. The molecule has 0 spiro atoms. The van der Waals surface area contributed by atoms with Crippen molar-refractivity contribution in [3.63, 3.8) is 0 Å². The van der Waals surface area contributed by atoms with Gasteiger partial charge >= 0.3 is 12.1 Å². The number of hydrogen-bond donors (Lipinski definition) is 2. The van der Waals surface area contributed by atoms with Crippen molar-refractivity contribution < 1.29 is 23.1 Å². The van der Waals surface area contributed by atoms with Gasteiger partial charge in [0.1, 0.15) is 0 Å². The van der Waals surface area contributed by atoms with E-state index in [1.165, 1.54) is 6.07 Å². The molecule has 0 aromatic heterocycles. The van der Waals surface area contributed by atoms with Gasteiger partial charge in [0.05, 0.1) is 11.1 Å². The van der Waals surface area contributed by atoms with E-state index in [0.717, 1.165) is 12.1 Å². The zero-order valence-corrected chi connectivity index (χ0v) is 10.3. The van der Waals surface area contributed by atoms with Gasteiger partial charge in [-0.05, 0) is 31.5 Å². The maximum Gasteiger partial charge on any atom is 0.417 e. The number of hydrogen-bond acceptors (Lipinski definition) is 2. The van der Waals surface area contributed by atoms with Crippen LogP contribution in [-0.2, 0) is 6.18 Å². The highest BCUT2D eigenvalue weighted by atomic mass is 19.4. The molecular formula is C13H14F3NO2. The number of carboxylic acid groups (broad SMARTS) is 1. The van der Waals surface area contributed by atoms with E-state index >= 15 is 0 Å². The van der Waals surface area contributed by atoms with E-state index in [9.17, 15) is 18.0 Å². The Morgan fingerprint density at radius 2 is 2.16 bits per heavy atom. The van der Waals surface area contributed by atoms with E-state index in [-0.39, 0.29) is 11.7 Å². The monoisotopic (exact) mass is 273 g/mol. The zero-order valence-electron chi connectivity index (χ0n) is 10.3. The summed E-state index contributed by atoms with van der Waals surface area (Å²) < 4.78 is 38.3. The number of anilines is 1. The summed E-state index contributed by atoms with van der Waals surface area (Å²) in [5.74, 6) is -1.60. The van der Waals surface area contributed by atoms with Crippen molar-refractivity contribution >= 4 is 11.7 Å². The smallest absolute Gasteiger partial charge is 0.417 e. The van der Waals surface area contributed by atoms with E-state index in [2.05, 4.69) is 11.9 Å². The van der Waals surface area contributed by atoms with Crippen LogP contribution in [0.15, 0.2) is 30.9 Å². The van der Waals surface area contributed by atoms with Crippen LogP contribution in [0.5, 0.6) is 0 Å². The fourth-order valence-electron chi connectivity index (χ4n) is 1.65. The molecule has 0 saturated carbocycles. The van der Waals surface area contributed by atoms with Crippen molar-refractivity contribution in [1.29, 1.82) is 0 Å². The fourth-order valence-corrected chi connectivity index (χ4v) is 1.65. The van der Waals surface area contributed by atoms with Gasteiger partial charge in [0, 0.05) is 11.7 Å². The summed E-state index contributed by atoms with van der Waals surface area (Å²) in [6.07, 6.45) is -2.47. The third-order valence-corrected chi connectivity index (χ3v) is 2.49. The lowest BCUT2D eigenvalue weighted by molar-refractivity contribution is -0.138. The average molecular weight is 273 g/mol. The highest BCUT2D eigenvalue weighted by Crippen LogP contribution is 2.34. The SMILES string of the molecule is C=CCC(C)Nc1ccc(C(=O)O)c(C(F)(F)F)c1. The van der Waals surface area contributed by atoms with Crippen LogP contribution < -0.4 is 5.32 Å². The number of aromatic carboxylic acids is 1. The predicted octanol–water partition coefficient (Wildman–Crippen LogP) is 3.78. The van der Waals surface area contributed by atoms with Gasteiger partial charge in [-0.25, -0.2) is 4.79 Å². The average Bonchev–Trinajstić information content (AvgIpc) is 2.27. The molecule has 0 radical (unpaired) electrons.